The number of para-hydroxylation sites is 2. The number of unbranched alkanes of at least 4 members (excludes halogenated alkanes) is 2. The summed E-state index contributed by atoms with van der Waals surface area (Å²) in [7, 11) is 3.89. The summed E-state index contributed by atoms with van der Waals surface area (Å²) in [6, 6.07) is -2.64. The molecule has 15 atom stereocenters. The summed E-state index contributed by atoms with van der Waals surface area (Å²) in [4.78, 5) is 271. The number of aliphatic hydroxyl groups is 1. The van der Waals surface area contributed by atoms with Gasteiger partial charge in [0.25, 0.3) is 0 Å². The number of aliphatic hydroxyl groups excluding tert-OH is 1. The van der Waals surface area contributed by atoms with E-state index >= 15 is 33.6 Å². The van der Waals surface area contributed by atoms with Crippen molar-refractivity contribution in [2.24, 2.45) is 28.7 Å². The highest BCUT2D eigenvalue weighted by atomic mass is 32.2. The zero-order valence-corrected chi connectivity index (χ0v) is 74.5. The molecule has 25 N–H and O–H groups in total. The van der Waals surface area contributed by atoms with Crippen molar-refractivity contribution in [3.05, 3.63) is 102 Å². The van der Waals surface area contributed by atoms with Crippen molar-refractivity contribution < 1.29 is 102 Å². The molecule has 708 valence electrons. The first-order chi connectivity index (χ1) is 61.9. The number of nitrogens with two attached hydrogens (primary N) is 5. The molecule has 0 aliphatic carbocycles. The number of aromatic hydroxyl groups is 1. The molecule has 0 saturated carbocycles. The smallest absolute Gasteiger partial charge is 0.305 e. The largest absolute Gasteiger partial charge is 0.508 e. The fraction of sp³-hybridized carbons (Fsp3) is 0.535. The number of hydrogen-bond donors (Lipinski definition) is 20. The van der Waals surface area contributed by atoms with E-state index in [0.29, 0.717) is 64.2 Å². The van der Waals surface area contributed by atoms with Crippen LogP contribution in [0.25, 0.3) is 21.8 Å². The van der Waals surface area contributed by atoms with Crippen LogP contribution in [-0.2, 0) is 106 Å². The Labute approximate surface area is 754 Å². The van der Waals surface area contributed by atoms with E-state index in [1.807, 2.05) is 13.8 Å². The van der Waals surface area contributed by atoms with Gasteiger partial charge in [-0.3, -0.25) is 86.3 Å². The van der Waals surface area contributed by atoms with Crippen LogP contribution in [0.4, 0.5) is 0 Å². The quantitative estimate of drug-likeness (QED) is 0.0261. The second-order valence-electron chi connectivity index (χ2n) is 32.7. The topological polar surface area (TPSA) is 666 Å². The SMILES string of the molecule is CCCC[C@H]1C(=O)N(C)[C@@H](CCCC)C(=O)N[C@@H](CCN)C(=O)N[C@H](C(=O)NCC(N)=O)CSCC(=O)N[C@@H](Cc2ccc(O)cc2)C(=O)N(C)[C@@H](C)C(=O)N[C@@H](CC(=O)O)C(=O)N2CCC[C@H]2C(=O)N[C@@H](CN)C(=O)N[C@@H](CCC(N)=O)C(=O)N2C[C@H](O)C[C@H]2C(=O)N[C@@H](Cc2c[nH]c3ccccc23)C(=O)N[C@@H](CCN)C(=O)N[C@@H](Cc2c[nH]c3ccccc23)C(=O)N1C. The van der Waals surface area contributed by atoms with Crippen molar-refractivity contribution >= 4 is 140 Å². The lowest BCUT2D eigenvalue weighted by Crippen LogP contribution is -2.61. The molecule has 5 heterocycles. The number of carbonyl (C=O) groups is 18. The Morgan fingerprint density at radius 3 is 1.59 bits per heavy atom. The van der Waals surface area contributed by atoms with Crippen molar-refractivity contribution in [2.45, 2.75) is 221 Å². The zero-order chi connectivity index (χ0) is 95.3. The number of aliphatic carboxylic acids is 1. The molecule has 0 unspecified atom stereocenters. The molecule has 17 amide bonds. The summed E-state index contributed by atoms with van der Waals surface area (Å²) in [6.45, 7) is 2.27. The Bertz CT molecular complexity index is 4900. The number of likely N-dealkylation sites (N-methyl/N-ethyl adjacent to an activating group) is 3. The summed E-state index contributed by atoms with van der Waals surface area (Å²) >= 11 is 0.754. The number of H-pyrrole nitrogens is 2. The molecule has 3 aliphatic rings. The van der Waals surface area contributed by atoms with E-state index in [-0.39, 0.29) is 83.2 Å². The van der Waals surface area contributed by atoms with Crippen LogP contribution in [0.3, 0.4) is 0 Å². The molecule has 3 fully saturated rings. The molecule has 3 saturated heterocycles. The van der Waals surface area contributed by atoms with Gasteiger partial charge in [0.2, 0.25) is 100 Å². The number of amides is 17. The first-order valence-corrected chi connectivity index (χ1v) is 44.5. The van der Waals surface area contributed by atoms with Crippen LogP contribution in [0.2, 0.25) is 0 Å². The van der Waals surface area contributed by atoms with Crippen molar-refractivity contribution in [1.82, 2.24) is 87.6 Å². The normalized spacial score (nSPS) is 25.2. The maximum absolute atomic E-state index is 15.7. The summed E-state index contributed by atoms with van der Waals surface area (Å²) < 4.78 is 0. The third-order valence-corrected chi connectivity index (χ3v) is 24.3. The maximum Gasteiger partial charge on any atom is 0.305 e. The van der Waals surface area contributed by atoms with E-state index in [4.69, 9.17) is 28.7 Å². The first-order valence-electron chi connectivity index (χ1n) is 43.4. The van der Waals surface area contributed by atoms with Gasteiger partial charge in [0.05, 0.1) is 24.8 Å². The molecular formula is C86H122N22O21S. The van der Waals surface area contributed by atoms with Gasteiger partial charge in [0, 0.05) is 113 Å². The number of aromatic amines is 2. The summed E-state index contributed by atoms with van der Waals surface area (Å²) in [5.41, 5.74) is 32.1. The van der Waals surface area contributed by atoms with Gasteiger partial charge in [-0.15, -0.1) is 11.8 Å². The molecule has 3 aromatic carbocycles. The lowest BCUT2D eigenvalue weighted by molar-refractivity contribution is -0.149. The molecule has 0 radical (unpaired) electrons. The van der Waals surface area contributed by atoms with Gasteiger partial charge in [-0.25, -0.2) is 0 Å². The van der Waals surface area contributed by atoms with Gasteiger partial charge in [-0.2, -0.15) is 0 Å². The molecule has 43 nitrogen and oxygen atoms in total. The van der Waals surface area contributed by atoms with Gasteiger partial charge < -0.3 is 132 Å². The van der Waals surface area contributed by atoms with E-state index in [0.717, 1.165) is 36.3 Å². The number of rotatable bonds is 25. The first kappa shape index (κ1) is 103. The number of nitrogens with zero attached hydrogens (tertiary/aromatic N) is 5. The lowest BCUT2D eigenvalue weighted by atomic mass is 9.99. The van der Waals surface area contributed by atoms with Crippen LogP contribution in [0.1, 0.15) is 127 Å². The van der Waals surface area contributed by atoms with E-state index < -0.39 is 254 Å². The molecular weight excluding hydrogens is 1710 g/mol. The van der Waals surface area contributed by atoms with Crippen LogP contribution in [0.5, 0.6) is 5.75 Å². The number of phenolic OH excluding ortho intramolecular Hbond substituents is 1. The average molecular weight is 1830 g/mol. The van der Waals surface area contributed by atoms with Crippen LogP contribution < -0.4 is 81.8 Å². The van der Waals surface area contributed by atoms with Gasteiger partial charge in [0.1, 0.15) is 90.3 Å². The molecule has 3 aliphatic heterocycles. The van der Waals surface area contributed by atoms with E-state index in [1.54, 1.807) is 60.9 Å². The minimum absolute atomic E-state index is 0.00104. The number of fused-ring (bicyclic) bond motifs is 4. The third-order valence-electron chi connectivity index (χ3n) is 23.3. The molecule has 130 heavy (non-hydrogen) atoms. The minimum Gasteiger partial charge on any atom is -0.508 e. The number of carboxylic acids is 1. The number of primary amides is 2. The van der Waals surface area contributed by atoms with Crippen LogP contribution in [-0.4, -0.2) is 319 Å². The Kier molecular flexibility index (Phi) is 38.7. The fourth-order valence-electron chi connectivity index (χ4n) is 15.9. The Morgan fingerprint density at radius 1 is 0.508 bits per heavy atom. The van der Waals surface area contributed by atoms with Crippen molar-refractivity contribution in [1.29, 1.82) is 0 Å². The van der Waals surface area contributed by atoms with E-state index in [2.05, 4.69) is 63.1 Å². The minimum atomic E-state index is -1.92. The number of thioether (sulfide) groups is 1. The third kappa shape index (κ3) is 28.1. The number of hydrogen-bond acceptors (Lipinski definition) is 24. The van der Waals surface area contributed by atoms with Gasteiger partial charge in [-0.05, 0) is 106 Å². The summed E-state index contributed by atoms with van der Waals surface area (Å²) in [5, 5.41) is 58.8. The second kappa shape index (κ2) is 49.1. The standard InChI is InChI=1S/C86H122N22O21S/c1-7-9-20-65-79(122)97-57(30-32-88)76(119)103-64(74(117)94-42-70(91)112)44-130-45-71(113)95-60(34-47-23-25-50(109)26-24-47)82(125)104(4)46(3)73(116)100-62(38-72(114)115)85(128)107-33-15-22-66(107)80(123)102-63(39-89)78(121)98-58(27-28-69(90)111)84(127)108-43-51(110)37-68(108)81(124)99-59(35-48-40-92-54-18-13-11-16-52(48)54)77(120)96-56(29-31-87)75(118)101-61(36-49-41-93-55-19-14-12-17-53(49)55)83(126)106(6)67(21-10-8-2)86(129)105(65)5/h11-14,16-19,23-26,40-41,46,51,56-68,92-93,109-110H,7-10,15,20-22,27-39,42-45,87-89H2,1-6H3,(H2,90,111)(H2,91,112)(H,94,117)(H,95,113)(H,96,120)(H,97,122)(H,98,121)(H,99,124)(H,100,116)(H,101,118)(H,102,123)(H,103,119)(H,114,115)/t46-,51+,56-,57-,58-,59-,60-,61-,62-,63-,64-,65-,66-,67-,68-/m0/s1. The molecule has 2 aromatic heterocycles. The zero-order valence-electron chi connectivity index (χ0n) is 73.6. The van der Waals surface area contributed by atoms with Gasteiger partial charge >= 0.3 is 5.97 Å². The number of benzene rings is 3. The Balaban J connectivity index is 1.18. The molecule has 5 aromatic rings. The van der Waals surface area contributed by atoms with Gasteiger partial charge in [0.15, 0.2) is 0 Å². The van der Waals surface area contributed by atoms with Crippen LogP contribution in [0, 0.1) is 0 Å². The molecule has 44 heteroatoms. The highest BCUT2D eigenvalue weighted by Gasteiger charge is 2.47. The molecule has 0 bridgehead atoms. The predicted octanol–water partition coefficient (Wildman–Crippen LogP) is -4.68. The maximum atomic E-state index is 15.7. The average Bonchev–Trinajstić information content (AvgIpc) is 1.59. The highest BCUT2D eigenvalue weighted by Crippen LogP contribution is 2.28. The predicted molar refractivity (Wildman–Crippen MR) is 475 cm³/mol. The van der Waals surface area contributed by atoms with Crippen molar-refractivity contribution in [3.63, 3.8) is 0 Å². The van der Waals surface area contributed by atoms with Gasteiger partial charge in [-0.1, -0.05) is 88.1 Å². The van der Waals surface area contributed by atoms with Crippen molar-refractivity contribution in [2.75, 3.05) is 71.9 Å². The number of aromatic nitrogens is 2. The van der Waals surface area contributed by atoms with Crippen molar-refractivity contribution in [3.8, 4) is 5.75 Å². The molecule has 0 spiro atoms. The van der Waals surface area contributed by atoms with E-state index in [9.17, 15) is 68.1 Å². The lowest BCUT2D eigenvalue weighted by Gasteiger charge is -2.36. The Morgan fingerprint density at radius 2 is 1.01 bits per heavy atom. The second-order valence-corrected chi connectivity index (χ2v) is 33.8. The monoisotopic (exact) mass is 1830 g/mol. The fourth-order valence-corrected chi connectivity index (χ4v) is 16.8. The number of carbonyl (C=O) groups excluding carboxylic acids is 17. The van der Waals surface area contributed by atoms with Crippen LogP contribution >= 0.6 is 11.8 Å². The summed E-state index contributed by atoms with van der Waals surface area (Å²) in [5.74, 6) is -19.2. The highest BCUT2D eigenvalue weighted by molar-refractivity contribution is 8.00. The number of phenols is 1. The van der Waals surface area contributed by atoms with E-state index in [1.165, 1.54) is 52.3 Å². The Hall–Kier alpha value is -12.8. The number of nitrogens with one attached hydrogen (secondary N) is 12. The molecule has 8 rings (SSSR count). The van der Waals surface area contributed by atoms with Crippen LogP contribution in [0.15, 0.2) is 85.2 Å². The number of carboxylic acid groups (broad SMARTS) is 1. The summed E-state index contributed by atoms with van der Waals surface area (Å²) in [6.07, 6.45) is -0.452.